The Hall–Kier alpha value is -2.01. The molecule has 1 N–H and O–H groups in total. The van der Waals surface area contributed by atoms with E-state index in [1.807, 2.05) is 18.2 Å². The first-order valence-corrected chi connectivity index (χ1v) is 7.63. The summed E-state index contributed by atoms with van der Waals surface area (Å²) < 4.78 is 10.1. The van der Waals surface area contributed by atoms with Crippen molar-refractivity contribution in [3.8, 4) is 0 Å². The number of hydrogen-bond acceptors (Lipinski definition) is 4. The molecular weight excluding hydrogens is 318 g/mol. The third kappa shape index (κ3) is 8.26. The summed E-state index contributed by atoms with van der Waals surface area (Å²) in [5.74, 6) is -0.531. The molecule has 0 aliphatic carbocycles. The molecule has 0 spiro atoms. The van der Waals surface area contributed by atoms with Gasteiger partial charge in [0.05, 0.1) is 0 Å². The minimum absolute atomic E-state index is 0.113. The predicted octanol–water partition coefficient (Wildman–Crippen LogP) is 3.81. The van der Waals surface area contributed by atoms with Crippen molar-refractivity contribution >= 4 is 29.7 Å². The number of benzene rings is 1. The molecule has 0 fully saturated rings. The van der Waals surface area contributed by atoms with E-state index in [1.165, 1.54) is 6.92 Å². The lowest BCUT2D eigenvalue weighted by molar-refractivity contribution is -0.144. The van der Waals surface area contributed by atoms with Gasteiger partial charge >= 0.3 is 12.1 Å². The van der Waals surface area contributed by atoms with Gasteiger partial charge < -0.3 is 14.8 Å². The Kier molecular flexibility index (Phi) is 7.10. The van der Waals surface area contributed by atoms with E-state index in [2.05, 4.69) is 5.32 Å². The molecule has 0 aromatic heterocycles. The first kappa shape index (κ1) is 19.0. The number of nitrogens with one attached hydrogen (secondary N) is 1. The molecule has 0 saturated heterocycles. The average molecular weight is 340 g/mol. The summed E-state index contributed by atoms with van der Waals surface area (Å²) in [7, 11) is 0. The maximum atomic E-state index is 11.8. The van der Waals surface area contributed by atoms with Gasteiger partial charge in [0.1, 0.15) is 18.2 Å². The Balaban J connectivity index is 2.35. The van der Waals surface area contributed by atoms with Crippen molar-refractivity contribution in [1.29, 1.82) is 0 Å². The number of amides is 1. The fourth-order valence-electron chi connectivity index (χ4n) is 1.56. The molecule has 0 radical (unpaired) electrons. The fraction of sp³-hybridized carbons (Fsp3) is 0.412. The van der Waals surface area contributed by atoms with Crippen LogP contribution >= 0.6 is 11.6 Å². The molecule has 5 nitrogen and oxygen atoms in total. The normalized spacial score (nSPS) is 12.7. The monoisotopic (exact) mass is 339 g/mol. The third-order valence-electron chi connectivity index (χ3n) is 2.59. The molecule has 0 aliphatic heterocycles. The highest BCUT2D eigenvalue weighted by atomic mass is 35.5. The second-order valence-electron chi connectivity index (χ2n) is 5.95. The summed E-state index contributed by atoms with van der Waals surface area (Å²) >= 11 is 5.79. The minimum Gasteiger partial charge on any atom is -0.460 e. The number of rotatable bonds is 5. The van der Waals surface area contributed by atoms with Crippen LogP contribution in [0.2, 0.25) is 5.02 Å². The Bertz CT molecular complexity index is 561. The van der Waals surface area contributed by atoms with Crippen molar-refractivity contribution in [3.63, 3.8) is 0 Å². The molecule has 0 aliphatic rings. The first-order valence-electron chi connectivity index (χ1n) is 7.25. The van der Waals surface area contributed by atoms with E-state index in [0.717, 1.165) is 5.56 Å². The molecule has 0 saturated carbocycles. The number of carbonyl (C=O) groups is 2. The number of ether oxygens (including phenoxy) is 2. The minimum atomic E-state index is -0.784. The summed E-state index contributed by atoms with van der Waals surface area (Å²) in [5, 5.41) is 3.09. The van der Waals surface area contributed by atoms with E-state index >= 15 is 0 Å². The smallest absolute Gasteiger partial charge is 0.408 e. The van der Waals surface area contributed by atoms with Gasteiger partial charge in [0.25, 0.3) is 0 Å². The lowest BCUT2D eigenvalue weighted by Crippen LogP contribution is -2.42. The zero-order chi connectivity index (χ0) is 17.5. The molecule has 1 aromatic carbocycles. The zero-order valence-corrected chi connectivity index (χ0v) is 14.5. The van der Waals surface area contributed by atoms with Crippen LogP contribution in [-0.2, 0) is 14.3 Å². The topological polar surface area (TPSA) is 64.6 Å². The zero-order valence-electron chi connectivity index (χ0n) is 13.8. The molecule has 0 heterocycles. The maximum Gasteiger partial charge on any atom is 0.408 e. The standard InChI is InChI=1S/C17H22ClNO4/c1-12(19-16(21)23-17(2,3)4)15(20)22-11-5-6-13-7-9-14(18)10-8-13/h5-10,12H,11H2,1-4H3,(H,19,21)/b6-5+. The highest BCUT2D eigenvalue weighted by molar-refractivity contribution is 6.30. The first-order chi connectivity index (χ1) is 10.7. The number of alkyl carbamates (subject to hydrolysis) is 1. The molecule has 6 heteroatoms. The van der Waals surface area contributed by atoms with E-state index in [1.54, 1.807) is 39.0 Å². The lowest BCUT2D eigenvalue weighted by atomic mass is 10.2. The van der Waals surface area contributed by atoms with Crippen molar-refractivity contribution in [2.24, 2.45) is 0 Å². The van der Waals surface area contributed by atoms with Crippen LogP contribution in [0.5, 0.6) is 0 Å². The van der Waals surface area contributed by atoms with Gasteiger partial charge in [-0.15, -0.1) is 0 Å². The highest BCUT2D eigenvalue weighted by Gasteiger charge is 2.21. The van der Waals surface area contributed by atoms with Crippen molar-refractivity contribution < 1.29 is 19.1 Å². The molecule has 0 bridgehead atoms. The summed E-state index contributed by atoms with van der Waals surface area (Å²) in [6.45, 7) is 6.89. The molecule has 1 aromatic rings. The van der Waals surface area contributed by atoms with E-state index in [9.17, 15) is 9.59 Å². The number of hydrogen-bond donors (Lipinski definition) is 1. The highest BCUT2D eigenvalue weighted by Crippen LogP contribution is 2.10. The summed E-state index contributed by atoms with van der Waals surface area (Å²) in [6, 6.07) is 6.48. The van der Waals surface area contributed by atoms with Gasteiger partial charge in [-0.25, -0.2) is 9.59 Å². The van der Waals surface area contributed by atoms with Gasteiger partial charge in [0.2, 0.25) is 0 Å². The Morgan fingerprint density at radius 2 is 1.87 bits per heavy atom. The van der Waals surface area contributed by atoms with Crippen molar-refractivity contribution in [2.45, 2.75) is 39.3 Å². The second kappa shape index (κ2) is 8.58. The summed E-state index contributed by atoms with van der Waals surface area (Å²) in [6.07, 6.45) is 2.87. The van der Waals surface area contributed by atoms with Crippen LogP contribution in [0.15, 0.2) is 30.3 Å². The molecular formula is C17H22ClNO4. The van der Waals surface area contributed by atoms with Gasteiger partial charge in [0, 0.05) is 5.02 Å². The van der Waals surface area contributed by atoms with Crippen LogP contribution in [0, 0.1) is 0 Å². The van der Waals surface area contributed by atoms with E-state index in [-0.39, 0.29) is 6.61 Å². The quantitative estimate of drug-likeness (QED) is 0.828. The SMILES string of the molecule is CC(NC(=O)OC(C)(C)C)C(=O)OC/C=C/c1ccc(Cl)cc1. The van der Waals surface area contributed by atoms with Crippen LogP contribution in [0.1, 0.15) is 33.3 Å². The van der Waals surface area contributed by atoms with Crippen LogP contribution in [0.4, 0.5) is 4.79 Å². The predicted molar refractivity (Wildman–Crippen MR) is 90.3 cm³/mol. The van der Waals surface area contributed by atoms with Gasteiger partial charge in [-0.05, 0) is 51.5 Å². The molecule has 23 heavy (non-hydrogen) atoms. The molecule has 1 unspecified atom stereocenters. The Labute approximate surface area is 141 Å². The van der Waals surface area contributed by atoms with Crippen molar-refractivity contribution in [2.75, 3.05) is 6.61 Å². The van der Waals surface area contributed by atoms with Crippen molar-refractivity contribution in [1.82, 2.24) is 5.32 Å². The second-order valence-corrected chi connectivity index (χ2v) is 6.39. The summed E-state index contributed by atoms with van der Waals surface area (Å²) in [4.78, 5) is 23.3. The number of halogens is 1. The van der Waals surface area contributed by atoms with E-state index in [0.29, 0.717) is 5.02 Å². The Morgan fingerprint density at radius 1 is 1.26 bits per heavy atom. The van der Waals surface area contributed by atoms with Gasteiger partial charge in [-0.2, -0.15) is 0 Å². The number of carbonyl (C=O) groups excluding carboxylic acids is 2. The van der Waals surface area contributed by atoms with Crippen LogP contribution in [-0.4, -0.2) is 30.3 Å². The maximum absolute atomic E-state index is 11.8. The fourth-order valence-corrected chi connectivity index (χ4v) is 1.68. The van der Waals surface area contributed by atoms with Crippen LogP contribution in [0.25, 0.3) is 6.08 Å². The van der Waals surface area contributed by atoms with Gasteiger partial charge in [-0.1, -0.05) is 29.8 Å². The molecule has 1 amide bonds. The number of esters is 1. The average Bonchev–Trinajstić information content (AvgIpc) is 2.43. The van der Waals surface area contributed by atoms with E-state index < -0.39 is 23.7 Å². The van der Waals surface area contributed by atoms with Gasteiger partial charge in [-0.3, -0.25) is 0 Å². The van der Waals surface area contributed by atoms with Crippen LogP contribution < -0.4 is 5.32 Å². The molecule has 1 atom stereocenters. The van der Waals surface area contributed by atoms with Crippen molar-refractivity contribution in [3.05, 3.63) is 40.9 Å². The largest absolute Gasteiger partial charge is 0.460 e. The van der Waals surface area contributed by atoms with Crippen LogP contribution in [0.3, 0.4) is 0 Å². The lowest BCUT2D eigenvalue weighted by Gasteiger charge is -2.21. The third-order valence-corrected chi connectivity index (χ3v) is 2.84. The molecule has 126 valence electrons. The summed E-state index contributed by atoms with van der Waals surface area (Å²) in [5.41, 5.74) is 0.333. The Morgan fingerprint density at radius 3 is 2.43 bits per heavy atom. The van der Waals surface area contributed by atoms with E-state index in [4.69, 9.17) is 21.1 Å². The van der Waals surface area contributed by atoms with Gasteiger partial charge in [0.15, 0.2) is 0 Å². The molecule has 1 rings (SSSR count).